The highest BCUT2D eigenvalue weighted by molar-refractivity contribution is 5.92. The van der Waals surface area contributed by atoms with Crippen molar-refractivity contribution >= 4 is 28.2 Å². The average molecular weight is 338 g/mol. The summed E-state index contributed by atoms with van der Waals surface area (Å²) in [6, 6.07) is 11.3. The first-order valence-corrected chi connectivity index (χ1v) is 7.45. The van der Waals surface area contributed by atoms with Gasteiger partial charge in [-0.3, -0.25) is 24.3 Å². The zero-order valence-corrected chi connectivity index (χ0v) is 13.3. The highest BCUT2D eigenvalue weighted by Crippen LogP contribution is 2.24. The van der Waals surface area contributed by atoms with Crippen LogP contribution in [0.4, 0.5) is 11.4 Å². The van der Waals surface area contributed by atoms with Crippen molar-refractivity contribution in [2.24, 2.45) is 0 Å². The Kier molecular flexibility index (Phi) is 4.25. The number of nitro groups is 1. The third-order valence-electron chi connectivity index (χ3n) is 3.82. The van der Waals surface area contributed by atoms with Gasteiger partial charge in [-0.1, -0.05) is 18.2 Å². The van der Waals surface area contributed by atoms with Crippen molar-refractivity contribution in [3.05, 3.63) is 74.8 Å². The van der Waals surface area contributed by atoms with Crippen LogP contribution >= 0.6 is 0 Å². The first kappa shape index (κ1) is 16.3. The van der Waals surface area contributed by atoms with Gasteiger partial charge in [0.2, 0.25) is 5.91 Å². The molecule has 1 amide bonds. The monoisotopic (exact) mass is 338 g/mol. The fourth-order valence-electron chi connectivity index (χ4n) is 2.52. The molecule has 0 spiro atoms. The summed E-state index contributed by atoms with van der Waals surface area (Å²) >= 11 is 0. The van der Waals surface area contributed by atoms with Crippen LogP contribution in [-0.4, -0.2) is 20.4 Å². The second-order valence-corrected chi connectivity index (χ2v) is 5.45. The number of nitro benzene ring substituents is 1. The number of hydrogen-bond donors (Lipinski definition) is 1. The number of aromatic nitrogens is 2. The molecule has 0 aliphatic heterocycles. The van der Waals surface area contributed by atoms with E-state index in [0.29, 0.717) is 22.2 Å². The summed E-state index contributed by atoms with van der Waals surface area (Å²) in [5.74, 6) is -0.470. The molecule has 25 heavy (non-hydrogen) atoms. The first-order valence-electron chi connectivity index (χ1n) is 7.45. The van der Waals surface area contributed by atoms with E-state index in [1.165, 1.54) is 23.0 Å². The zero-order valence-electron chi connectivity index (χ0n) is 13.3. The Hall–Kier alpha value is -3.55. The van der Waals surface area contributed by atoms with E-state index < -0.39 is 10.8 Å². The van der Waals surface area contributed by atoms with E-state index in [9.17, 15) is 19.7 Å². The van der Waals surface area contributed by atoms with Crippen LogP contribution in [0.15, 0.2) is 53.6 Å². The van der Waals surface area contributed by atoms with Gasteiger partial charge in [0.15, 0.2) is 0 Å². The average Bonchev–Trinajstić information content (AvgIpc) is 2.59. The van der Waals surface area contributed by atoms with Crippen molar-refractivity contribution in [3.8, 4) is 0 Å². The lowest BCUT2D eigenvalue weighted by atomic mass is 10.1. The van der Waals surface area contributed by atoms with Crippen LogP contribution in [0, 0.1) is 17.0 Å². The predicted molar refractivity (Wildman–Crippen MR) is 92.5 cm³/mol. The standard InChI is InChI=1S/C17H14N4O4/c1-11-13(7-4-8-15(11)21(24)25)19-16(22)9-20-10-18-14-6-3-2-5-12(14)17(20)23/h2-8,10H,9H2,1H3,(H,19,22). The van der Waals surface area contributed by atoms with Crippen molar-refractivity contribution in [2.75, 3.05) is 5.32 Å². The van der Waals surface area contributed by atoms with Crippen LogP contribution in [0.3, 0.4) is 0 Å². The van der Waals surface area contributed by atoms with E-state index >= 15 is 0 Å². The first-order chi connectivity index (χ1) is 12.0. The van der Waals surface area contributed by atoms with Gasteiger partial charge in [-0.2, -0.15) is 0 Å². The van der Waals surface area contributed by atoms with E-state index in [-0.39, 0.29) is 17.8 Å². The molecular weight excluding hydrogens is 324 g/mol. The summed E-state index contributed by atoms with van der Waals surface area (Å²) in [5.41, 5.74) is 0.836. The maximum Gasteiger partial charge on any atom is 0.274 e. The number of carbonyl (C=O) groups excluding carboxylic acids is 1. The maximum absolute atomic E-state index is 12.4. The molecule has 8 heteroatoms. The number of hydrogen-bond acceptors (Lipinski definition) is 5. The van der Waals surface area contributed by atoms with Gasteiger partial charge in [0.25, 0.3) is 11.2 Å². The van der Waals surface area contributed by atoms with Gasteiger partial charge in [-0.05, 0) is 25.1 Å². The lowest BCUT2D eigenvalue weighted by Gasteiger charge is -2.10. The topological polar surface area (TPSA) is 107 Å². The van der Waals surface area contributed by atoms with Crippen molar-refractivity contribution in [3.63, 3.8) is 0 Å². The Balaban J connectivity index is 1.84. The van der Waals surface area contributed by atoms with Gasteiger partial charge in [-0.15, -0.1) is 0 Å². The molecule has 0 atom stereocenters. The molecule has 0 bridgehead atoms. The third kappa shape index (κ3) is 3.23. The molecule has 0 unspecified atom stereocenters. The Labute approximate surface area is 141 Å². The molecule has 0 aliphatic rings. The van der Waals surface area contributed by atoms with Gasteiger partial charge in [0.1, 0.15) is 6.54 Å². The SMILES string of the molecule is Cc1c(NC(=O)Cn2cnc3ccccc3c2=O)cccc1[N+](=O)[O-]. The Morgan fingerprint density at radius 1 is 1.24 bits per heavy atom. The predicted octanol–water partition coefficient (Wildman–Crippen LogP) is 2.25. The van der Waals surface area contributed by atoms with E-state index in [1.807, 2.05) is 0 Å². The molecule has 126 valence electrons. The lowest BCUT2D eigenvalue weighted by Crippen LogP contribution is -2.28. The van der Waals surface area contributed by atoms with E-state index in [4.69, 9.17) is 0 Å². The number of amides is 1. The summed E-state index contributed by atoms with van der Waals surface area (Å²) in [4.78, 5) is 39.2. The molecular formula is C17H14N4O4. The smallest absolute Gasteiger partial charge is 0.274 e. The summed E-state index contributed by atoms with van der Waals surface area (Å²) in [6.45, 7) is 1.32. The summed E-state index contributed by atoms with van der Waals surface area (Å²) < 4.78 is 1.20. The summed E-state index contributed by atoms with van der Waals surface area (Å²) in [5, 5.41) is 14.0. The van der Waals surface area contributed by atoms with E-state index in [0.717, 1.165) is 0 Å². The van der Waals surface area contributed by atoms with Crippen LogP contribution in [-0.2, 0) is 11.3 Å². The van der Waals surface area contributed by atoms with Crippen molar-refractivity contribution < 1.29 is 9.72 Å². The van der Waals surface area contributed by atoms with Gasteiger partial charge in [0.05, 0.1) is 33.4 Å². The fourth-order valence-corrected chi connectivity index (χ4v) is 2.52. The molecule has 3 rings (SSSR count). The molecule has 0 saturated carbocycles. The second kappa shape index (κ2) is 6.52. The quantitative estimate of drug-likeness (QED) is 0.580. The minimum absolute atomic E-state index is 0.0812. The summed E-state index contributed by atoms with van der Waals surface area (Å²) in [6.07, 6.45) is 1.31. The van der Waals surface area contributed by atoms with Crippen molar-refractivity contribution in [2.45, 2.75) is 13.5 Å². The normalized spacial score (nSPS) is 10.6. The number of benzene rings is 2. The highest BCUT2D eigenvalue weighted by Gasteiger charge is 2.15. The minimum Gasteiger partial charge on any atom is -0.324 e. The molecule has 0 saturated heterocycles. The number of fused-ring (bicyclic) bond motifs is 1. The number of para-hydroxylation sites is 1. The number of carbonyl (C=O) groups is 1. The van der Waals surface area contributed by atoms with E-state index in [1.54, 1.807) is 37.3 Å². The molecule has 1 aromatic heterocycles. The van der Waals surface area contributed by atoms with Crippen LogP contribution in [0.25, 0.3) is 10.9 Å². The Morgan fingerprint density at radius 2 is 2.00 bits per heavy atom. The second-order valence-electron chi connectivity index (χ2n) is 5.45. The van der Waals surface area contributed by atoms with Crippen LogP contribution in [0.2, 0.25) is 0 Å². The van der Waals surface area contributed by atoms with E-state index in [2.05, 4.69) is 10.3 Å². The molecule has 0 fully saturated rings. The summed E-state index contributed by atoms with van der Waals surface area (Å²) in [7, 11) is 0. The Morgan fingerprint density at radius 3 is 2.76 bits per heavy atom. The molecule has 2 aromatic carbocycles. The number of anilines is 1. The largest absolute Gasteiger partial charge is 0.324 e. The molecule has 1 heterocycles. The molecule has 3 aromatic rings. The highest BCUT2D eigenvalue weighted by atomic mass is 16.6. The minimum atomic E-state index is -0.511. The van der Waals surface area contributed by atoms with Crippen LogP contribution in [0.5, 0.6) is 0 Å². The molecule has 0 aliphatic carbocycles. The van der Waals surface area contributed by atoms with Crippen molar-refractivity contribution in [1.29, 1.82) is 0 Å². The fraction of sp³-hybridized carbons (Fsp3) is 0.118. The van der Waals surface area contributed by atoms with Crippen LogP contribution in [0.1, 0.15) is 5.56 Å². The van der Waals surface area contributed by atoms with Gasteiger partial charge in [-0.25, -0.2) is 4.98 Å². The molecule has 0 radical (unpaired) electrons. The lowest BCUT2D eigenvalue weighted by molar-refractivity contribution is -0.385. The molecule has 1 N–H and O–H groups in total. The molecule has 8 nitrogen and oxygen atoms in total. The number of rotatable bonds is 4. The van der Waals surface area contributed by atoms with Gasteiger partial charge in [0, 0.05) is 6.07 Å². The zero-order chi connectivity index (χ0) is 18.0. The maximum atomic E-state index is 12.4. The Bertz CT molecular complexity index is 1040. The number of nitrogens with one attached hydrogen (secondary N) is 1. The van der Waals surface area contributed by atoms with Gasteiger partial charge >= 0.3 is 0 Å². The number of nitrogens with zero attached hydrogens (tertiary/aromatic N) is 3. The third-order valence-corrected chi connectivity index (χ3v) is 3.82. The van der Waals surface area contributed by atoms with Gasteiger partial charge < -0.3 is 5.32 Å². The van der Waals surface area contributed by atoms with Crippen molar-refractivity contribution in [1.82, 2.24) is 9.55 Å². The van der Waals surface area contributed by atoms with Crippen LogP contribution < -0.4 is 10.9 Å².